The van der Waals surface area contributed by atoms with Crippen molar-refractivity contribution in [3.05, 3.63) is 30.4 Å². The maximum atomic E-state index is 12.7. The van der Waals surface area contributed by atoms with Crippen molar-refractivity contribution in [2.75, 3.05) is 7.05 Å². The van der Waals surface area contributed by atoms with Crippen LogP contribution >= 0.6 is 0 Å². The molecule has 1 aliphatic heterocycles. The van der Waals surface area contributed by atoms with Gasteiger partial charge in [0.25, 0.3) is 0 Å². The van der Waals surface area contributed by atoms with E-state index < -0.39 is 0 Å². The SMILES string of the molecule is CN1C(=O)C=C[C@]2(C)[C@H]3CC[C@]4(C)C(CC(=O)NCc5ncc[nH]5)CC[C@H]4[C@@H]3CC[C@@H]12. The highest BCUT2D eigenvalue weighted by Crippen LogP contribution is 2.65. The Hall–Kier alpha value is -2.11. The second kappa shape index (κ2) is 7.49. The maximum absolute atomic E-state index is 12.7. The third-order valence-electron chi connectivity index (χ3n) is 9.76. The molecule has 3 aliphatic carbocycles. The molecule has 168 valence electrons. The summed E-state index contributed by atoms with van der Waals surface area (Å²) >= 11 is 0. The maximum Gasteiger partial charge on any atom is 0.246 e. The van der Waals surface area contributed by atoms with Crippen molar-refractivity contribution in [3.63, 3.8) is 0 Å². The Balaban J connectivity index is 1.29. The highest BCUT2D eigenvalue weighted by molar-refractivity contribution is 5.89. The van der Waals surface area contributed by atoms with Crippen molar-refractivity contribution in [2.45, 2.75) is 71.4 Å². The molecule has 6 heteroatoms. The standard InChI is InChI=1S/C25H36N4O2/c1-24-10-8-19-17(5-7-20-25(19,2)11-9-23(31)29(20)3)18(24)6-4-16(24)14-22(30)28-15-21-26-12-13-27-21/h9,11-13,16-20H,4-8,10,14-15H2,1-3H3,(H,26,27)(H,28,30)/t16?,17-,18-,19-,20+,24+,25+/m0/s1. The van der Waals surface area contributed by atoms with E-state index >= 15 is 0 Å². The average molecular weight is 425 g/mol. The molecule has 0 spiro atoms. The summed E-state index contributed by atoms with van der Waals surface area (Å²) in [4.78, 5) is 34.2. The van der Waals surface area contributed by atoms with Crippen LogP contribution in [0.25, 0.3) is 0 Å². The number of rotatable bonds is 4. The first-order valence-corrected chi connectivity index (χ1v) is 12.0. The lowest BCUT2D eigenvalue weighted by Gasteiger charge is -2.60. The van der Waals surface area contributed by atoms with E-state index in [2.05, 4.69) is 35.2 Å². The molecule has 0 bridgehead atoms. The van der Waals surface area contributed by atoms with Crippen LogP contribution in [0.2, 0.25) is 0 Å². The minimum Gasteiger partial charge on any atom is -0.349 e. The zero-order valence-corrected chi connectivity index (χ0v) is 19.1. The highest BCUT2D eigenvalue weighted by Gasteiger charge is 2.60. The van der Waals surface area contributed by atoms with Crippen molar-refractivity contribution < 1.29 is 9.59 Å². The summed E-state index contributed by atoms with van der Waals surface area (Å²) in [6.07, 6.45) is 15.3. The van der Waals surface area contributed by atoms with Crippen LogP contribution in [0.15, 0.2) is 24.5 Å². The first kappa shape index (κ1) is 20.8. The number of nitrogens with one attached hydrogen (secondary N) is 2. The lowest BCUT2D eigenvalue weighted by molar-refractivity contribution is -0.139. The number of carbonyl (C=O) groups excluding carboxylic acids is 2. The minimum atomic E-state index is 0.0887. The van der Waals surface area contributed by atoms with E-state index in [-0.39, 0.29) is 22.6 Å². The lowest BCUT2D eigenvalue weighted by Crippen LogP contribution is -2.59. The molecule has 0 aromatic carbocycles. The Kier molecular flexibility index (Phi) is 5.02. The Labute approximate surface area is 185 Å². The number of aromatic amines is 1. The Morgan fingerprint density at radius 3 is 2.84 bits per heavy atom. The fourth-order valence-corrected chi connectivity index (χ4v) is 8.06. The molecular weight excluding hydrogens is 388 g/mol. The summed E-state index contributed by atoms with van der Waals surface area (Å²) in [6.45, 7) is 5.33. The molecule has 1 aromatic heterocycles. The number of hydrogen-bond acceptors (Lipinski definition) is 3. The minimum absolute atomic E-state index is 0.0887. The van der Waals surface area contributed by atoms with Crippen LogP contribution in [0.4, 0.5) is 0 Å². The van der Waals surface area contributed by atoms with Crippen LogP contribution in [0.1, 0.15) is 64.6 Å². The zero-order valence-electron chi connectivity index (χ0n) is 19.1. The van der Waals surface area contributed by atoms with Gasteiger partial charge in [0, 0.05) is 37.3 Å². The van der Waals surface area contributed by atoms with Gasteiger partial charge >= 0.3 is 0 Å². The number of fused-ring (bicyclic) bond motifs is 5. The summed E-state index contributed by atoms with van der Waals surface area (Å²) in [5, 5.41) is 3.05. The van der Waals surface area contributed by atoms with E-state index in [9.17, 15) is 9.59 Å². The summed E-state index contributed by atoms with van der Waals surface area (Å²) < 4.78 is 0. The second-order valence-electron chi connectivity index (χ2n) is 11.0. The van der Waals surface area contributed by atoms with E-state index in [0.29, 0.717) is 42.7 Å². The molecular formula is C25H36N4O2. The number of amides is 2. The third kappa shape index (κ3) is 3.25. The van der Waals surface area contributed by atoms with Crippen molar-refractivity contribution >= 4 is 11.8 Å². The molecule has 31 heavy (non-hydrogen) atoms. The molecule has 0 radical (unpaired) electrons. The van der Waals surface area contributed by atoms with Gasteiger partial charge in [0.15, 0.2) is 0 Å². The molecule has 6 nitrogen and oxygen atoms in total. The van der Waals surface area contributed by atoms with Crippen LogP contribution in [-0.4, -0.2) is 39.8 Å². The van der Waals surface area contributed by atoms with Crippen LogP contribution in [-0.2, 0) is 16.1 Å². The molecule has 1 unspecified atom stereocenters. The predicted molar refractivity (Wildman–Crippen MR) is 119 cm³/mol. The number of nitrogens with zero attached hydrogens (tertiary/aromatic N) is 2. The van der Waals surface area contributed by atoms with E-state index in [1.807, 2.05) is 18.0 Å². The van der Waals surface area contributed by atoms with Gasteiger partial charge in [-0.1, -0.05) is 19.9 Å². The summed E-state index contributed by atoms with van der Waals surface area (Å²) in [6, 6.07) is 0.334. The Morgan fingerprint density at radius 1 is 1.23 bits per heavy atom. The largest absolute Gasteiger partial charge is 0.349 e. The molecule has 3 saturated carbocycles. The molecule has 5 rings (SSSR count). The number of hydrogen-bond donors (Lipinski definition) is 2. The van der Waals surface area contributed by atoms with Gasteiger partial charge in [-0.25, -0.2) is 4.98 Å². The number of imidazole rings is 1. The van der Waals surface area contributed by atoms with Gasteiger partial charge in [-0.3, -0.25) is 9.59 Å². The second-order valence-corrected chi connectivity index (χ2v) is 11.0. The van der Waals surface area contributed by atoms with Gasteiger partial charge in [-0.2, -0.15) is 0 Å². The van der Waals surface area contributed by atoms with Crippen molar-refractivity contribution in [2.24, 2.45) is 34.5 Å². The first-order valence-electron chi connectivity index (χ1n) is 12.0. The zero-order chi connectivity index (χ0) is 21.8. The molecule has 2 amide bonds. The third-order valence-corrected chi connectivity index (χ3v) is 9.76. The van der Waals surface area contributed by atoms with Gasteiger partial charge in [0.2, 0.25) is 11.8 Å². The number of carbonyl (C=O) groups is 2. The smallest absolute Gasteiger partial charge is 0.246 e. The van der Waals surface area contributed by atoms with E-state index in [1.165, 1.54) is 25.7 Å². The fourth-order valence-electron chi connectivity index (χ4n) is 8.06. The molecule has 3 fully saturated rings. The van der Waals surface area contributed by atoms with E-state index in [1.54, 1.807) is 12.4 Å². The van der Waals surface area contributed by atoms with Crippen molar-refractivity contribution in [3.8, 4) is 0 Å². The average Bonchev–Trinajstić information content (AvgIpc) is 3.38. The molecule has 0 saturated heterocycles. The fraction of sp³-hybridized carbons (Fsp3) is 0.720. The van der Waals surface area contributed by atoms with Crippen LogP contribution in [0.5, 0.6) is 0 Å². The lowest BCUT2D eigenvalue weighted by atomic mass is 9.47. The topological polar surface area (TPSA) is 78.1 Å². The van der Waals surface area contributed by atoms with Gasteiger partial charge in [-0.05, 0) is 73.7 Å². The van der Waals surface area contributed by atoms with Crippen LogP contribution in [0.3, 0.4) is 0 Å². The summed E-state index contributed by atoms with van der Waals surface area (Å²) in [5.41, 5.74) is 0.345. The summed E-state index contributed by atoms with van der Waals surface area (Å²) in [7, 11) is 1.98. The highest BCUT2D eigenvalue weighted by atomic mass is 16.2. The number of likely N-dealkylation sites (N-methyl/N-ethyl adjacent to an activating group) is 1. The Morgan fingerprint density at radius 2 is 2.06 bits per heavy atom. The predicted octanol–water partition coefficient (Wildman–Crippen LogP) is 3.67. The van der Waals surface area contributed by atoms with E-state index in [4.69, 9.17) is 0 Å². The van der Waals surface area contributed by atoms with E-state index in [0.717, 1.165) is 18.7 Å². The van der Waals surface area contributed by atoms with Crippen molar-refractivity contribution in [1.29, 1.82) is 0 Å². The van der Waals surface area contributed by atoms with Gasteiger partial charge < -0.3 is 15.2 Å². The monoisotopic (exact) mass is 424 g/mol. The normalized spacial score (nSPS) is 41.5. The molecule has 2 heterocycles. The van der Waals surface area contributed by atoms with Crippen LogP contribution in [0, 0.1) is 34.5 Å². The molecule has 4 aliphatic rings. The van der Waals surface area contributed by atoms with Crippen molar-refractivity contribution in [1.82, 2.24) is 20.2 Å². The van der Waals surface area contributed by atoms with Gasteiger partial charge in [-0.15, -0.1) is 0 Å². The number of aromatic nitrogens is 2. The van der Waals surface area contributed by atoms with Crippen LogP contribution < -0.4 is 5.32 Å². The molecule has 2 N–H and O–H groups in total. The number of H-pyrrole nitrogens is 1. The van der Waals surface area contributed by atoms with Gasteiger partial charge in [0.05, 0.1) is 6.54 Å². The Bertz CT molecular complexity index is 880. The molecule has 1 aromatic rings. The quantitative estimate of drug-likeness (QED) is 0.774. The molecule has 7 atom stereocenters. The van der Waals surface area contributed by atoms with Gasteiger partial charge in [0.1, 0.15) is 5.82 Å². The first-order chi connectivity index (χ1) is 14.8. The summed E-state index contributed by atoms with van der Waals surface area (Å²) in [5.74, 6) is 3.62.